The largest absolute Gasteiger partial charge is 0.480 e. The molecule has 0 saturated carbocycles. The third-order valence-corrected chi connectivity index (χ3v) is 8.84. The summed E-state index contributed by atoms with van der Waals surface area (Å²) in [7, 11) is -4.61. The van der Waals surface area contributed by atoms with Crippen LogP contribution in [0, 0.1) is 0 Å². The van der Waals surface area contributed by atoms with Crippen molar-refractivity contribution in [1.29, 1.82) is 0 Å². The number of carboxylic acids is 1. The first-order chi connectivity index (χ1) is 23.7. The van der Waals surface area contributed by atoms with Crippen LogP contribution >= 0.6 is 7.82 Å². The van der Waals surface area contributed by atoms with E-state index >= 15 is 0 Å². The van der Waals surface area contributed by atoms with Crippen molar-refractivity contribution in [2.45, 2.75) is 167 Å². The first-order valence-corrected chi connectivity index (χ1v) is 20.5. The number of carbonyl (C=O) groups excluding carboxylic acids is 1. The quantitative estimate of drug-likeness (QED) is 0.0247. The Hall–Kier alpha value is -1.81. The highest BCUT2D eigenvalue weighted by atomic mass is 31.2. The second-order valence-corrected chi connectivity index (χ2v) is 14.1. The first-order valence-electron chi connectivity index (χ1n) is 19.0. The number of phosphoric ester groups is 1. The van der Waals surface area contributed by atoms with Gasteiger partial charge in [0.2, 0.25) is 0 Å². The second kappa shape index (κ2) is 34.6. The molecule has 3 atom stereocenters. The third-order valence-electron chi connectivity index (χ3n) is 7.89. The lowest BCUT2D eigenvalue weighted by atomic mass is 10.1. The van der Waals surface area contributed by atoms with Crippen LogP contribution in [0.2, 0.25) is 0 Å². The lowest BCUT2D eigenvalue weighted by molar-refractivity contribution is -0.154. The van der Waals surface area contributed by atoms with Gasteiger partial charge in [-0.3, -0.25) is 18.6 Å². The predicted octanol–water partition coefficient (Wildman–Crippen LogP) is 9.75. The van der Waals surface area contributed by atoms with Crippen molar-refractivity contribution in [3.63, 3.8) is 0 Å². The molecule has 0 aliphatic heterocycles. The van der Waals surface area contributed by atoms with Crippen LogP contribution in [-0.2, 0) is 32.7 Å². The summed E-state index contributed by atoms with van der Waals surface area (Å²) < 4.78 is 33.2. The summed E-state index contributed by atoms with van der Waals surface area (Å²) >= 11 is 0. The Morgan fingerprint density at radius 1 is 0.653 bits per heavy atom. The zero-order valence-electron chi connectivity index (χ0n) is 30.8. The van der Waals surface area contributed by atoms with Gasteiger partial charge in [-0.25, -0.2) is 4.57 Å². The predicted molar refractivity (Wildman–Crippen MR) is 198 cm³/mol. The average molecular weight is 716 g/mol. The number of nitrogens with two attached hydrogens (primary N) is 1. The molecule has 0 aromatic rings. The van der Waals surface area contributed by atoms with Crippen LogP contribution in [0.15, 0.2) is 36.5 Å². The van der Waals surface area contributed by atoms with E-state index in [4.69, 9.17) is 24.8 Å². The normalized spacial score (nSPS) is 14.5. The van der Waals surface area contributed by atoms with Gasteiger partial charge in [0, 0.05) is 13.0 Å². The van der Waals surface area contributed by atoms with E-state index in [-0.39, 0.29) is 13.0 Å². The molecule has 11 heteroatoms. The summed E-state index contributed by atoms with van der Waals surface area (Å²) in [6.07, 6.45) is 36.2. The van der Waals surface area contributed by atoms with Crippen LogP contribution in [0.3, 0.4) is 0 Å². The second-order valence-electron chi connectivity index (χ2n) is 12.7. The van der Waals surface area contributed by atoms with E-state index in [1.807, 2.05) is 0 Å². The number of hydrogen-bond acceptors (Lipinski definition) is 8. The smallest absolute Gasteiger partial charge is 0.472 e. The number of hydrogen-bond donors (Lipinski definition) is 3. The Labute approximate surface area is 297 Å². The van der Waals surface area contributed by atoms with Crippen LogP contribution in [-0.4, -0.2) is 60.5 Å². The summed E-state index contributed by atoms with van der Waals surface area (Å²) in [5, 5.41) is 8.86. The molecule has 0 aliphatic carbocycles. The minimum atomic E-state index is -4.61. The first kappa shape index (κ1) is 47.2. The minimum absolute atomic E-state index is 0.00696. The number of ether oxygens (including phenoxy) is 2. The van der Waals surface area contributed by atoms with E-state index in [0.717, 1.165) is 70.6 Å². The van der Waals surface area contributed by atoms with Gasteiger partial charge in [-0.05, 0) is 64.2 Å². The van der Waals surface area contributed by atoms with Crippen LogP contribution in [0.1, 0.15) is 155 Å². The van der Waals surface area contributed by atoms with Crippen molar-refractivity contribution in [2.24, 2.45) is 5.73 Å². The highest BCUT2D eigenvalue weighted by Gasteiger charge is 2.27. The van der Waals surface area contributed by atoms with Crippen molar-refractivity contribution in [3.8, 4) is 0 Å². The highest BCUT2D eigenvalue weighted by Crippen LogP contribution is 2.43. The summed E-state index contributed by atoms with van der Waals surface area (Å²) in [6, 6.07) is -1.47. The lowest BCUT2D eigenvalue weighted by Gasteiger charge is -2.20. The molecule has 4 N–H and O–H groups in total. The topological polar surface area (TPSA) is 155 Å². The molecule has 0 rings (SSSR count). The fraction of sp³-hybridized carbons (Fsp3) is 0.789. The summed E-state index contributed by atoms with van der Waals surface area (Å²) in [6.45, 7) is 3.77. The Balaban J connectivity index is 4.35. The molecular weight excluding hydrogens is 645 g/mol. The van der Waals surface area contributed by atoms with Gasteiger partial charge in [-0.15, -0.1) is 0 Å². The van der Waals surface area contributed by atoms with Crippen molar-refractivity contribution >= 4 is 19.8 Å². The van der Waals surface area contributed by atoms with Crippen molar-refractivity contribution < 1.29 is 42.7 Å². The summed E-state index contributed by atoms with van der Waals surface area (Å²) in [5.41, 5.74) is 5.33. The number of phosphoric acid groups is 1. The molecule has 3 unspecified atom stereocenters. The summed E-state index contributed by atoms with van der Waals surface area (Å²) in [5.74, 6) is -1.80. The van der Waals surface area contributed by atoms with Gasteiger partial charge in [0.05, 0.1) is 19.8 Å². The standard InChI is InChI=1S/C38H70NO9P/c1-3-5-7-9-11-13-15-17-18-20-22-24-26-28-30-37(40)48-35(33-46-49(43,44)47-34-36(39)38(41)42)32-45-31-29-27-25-23-21-19-16-14-12-10-8-6-4-2/h9,11-12,14-15,17,35-36H,3-8,10,13,16,18-34,39H2,1-2H3,(H,41,42)(H,43,44)/b11-9-,14-12-,17-15-. The van der Waals surface area contributed by atoms with E-state index in [1.165, 1.54) is 57.8 Å². The Kier molecular flexibility index (Phi) is 33.4. The van der Waals surface area contributed by atoms with Gasteiger partial charge in [0.15, 0.2) is 0 Å². The molecular formula is C38H70NO9P. The number of rotatable bonds is 36. The maximum Gasteiger partial charge on any atom is 0.472 e. The van der Waals surface area contributed by atoms with Crippen molar-refractivity contribution in [1.82, 2.24) is 0 Å². The van der Waals surface area contributed by atoms with E-state index in [1.54, 1.807) is 0 Å². The molecule has 0 amide bonds. The maximum atomic E-state index is 12.6. The van der Waals surface area contributed by atoms with Crippen LogP contribution < -0.4 is 5.73 Å². The molecule has 0 aromatic heterocycles. The molecule has 0 aliphatic rings. The maximum absolute atomic E-state index is 12.6. The van der Waals surface area contributed by atoms with Crippen molar-refractivity contribution in [2.75, 3.05) is 26.4 Å². The van der Waals surface area contributed by atoms with Crippen LogP contribution in [0.25, 0.3) is 0 Å². The monoisotopic (exact) mass is 715 g/mol. The van der Waals surface area contributed by atoms with Crippen LogP contribution in [0.5, 0.6) is 0 Å². The molecule has 0 aromatic carbocycles. The summed E-state index contributed by atoms with van der Waals surface area (Å²) in [4.78, 5) is 33.4. The minimum Gasteiger partial charge on any atom is -0.480 e. The molecule has 0 spiro atoms. The fourth-order valence-electron chi connectivity index (χ4n) is 4.85. The van der Waals surface area contributed by atoms with E-state index in [0.29, 0.717) is 13.0 Å². The number of aliphatic carboxylic acids is 1. The Morgan fingerprint density at radius 3 is 1.73 bits per heavy atom. The van der Waals surface area contributed by atoms with Gasteiger partial charge in [0.1, 0.15) is 12.1 Å². The highest BCUT2D eigenvalue weighted by molar-refractivity contribution is 7.47. The Bertz CT molecular complexity index is 925. The van der Waals surface area contributed by atoms with Crippen molar-refractivity contribution in [3.05, 3.63) is 36.5 Å². The molecule has 0 heterocycles. The fourth-order valence-corrected chi connectivity index (χ4v) is 5.63. The van der Waals surface area contributed by atoms with Gasteiger partial charge >= 0.3 is 19.8 Å². The molecule has 0 radical (unpaired) electrons. The van der Waals surface area contributed by atoms with Crippen LogP contribution in [0.4, 0.5) is 0 Å². The number of unbranched alkanes of at least 4 members (excludes halogenated alkanes) is 16. The number of carbonyl (C=O) groups is 2. The van der Waals surface area contributed by atoms with Gasteiger partial charge in [0.25, 0.3) is 0 Å². The molecule has 0 saturated heterocycles. The van der Waals surface area contributed by atoms with E-state index in [2.05, 4.69) is 54.8 Å². The molecule has 49 heavy (non-hydrogen) atoms. The zero-order valence-corrected chi connectivity index (χ0v) is 31.7. The Morgan fingerprint density at radius 2 is 1.14 bits per heavy atom. The van der Waals surface area contributed by atoms with Gasteiger partial charge in [-0.1, -0.05) is 121 Å². The SMILES string of the molecule is CCCC/C=C\C/C=C\CCCCCCCC(=O)OC(COCCCCCCCC/C=C\CCCCC)COP(=O)(O)OCC(N)C(=O)O. The van der Waals surface area contributed by atoms with Gasteiger partial charge < -0.3 is 25.2 Å². The number of allylic oxidation sites excluding steroid dienone is 6. The lowest BCUT2D eigenvalue weighted by Crippen LogP contribution is -2.34. The molecule has 286 valence electrons. The van der Waals surface area contributed by atoms with E-state index < -0.39 is 45.1 Å². The number of esters is 1. The zero-order chi connectivity index (χ0) is 36.3. The van der Waals surface area contributed by atoms with Gasteiger partial charge in [-0.2, -0.15) is 0 Å². The van der Waals surface area contributed by atoms with E-state index in [9.17, 15) is 19.0 Å². The molecule has 10 nitrogen and oxygen atoms in total. The average Bonchev–Trinajstić information content (AvgIpc) is 3.07. The molecule has 0 fully saturated rings. The molecule has 0 bridgehead atoms. The third kappa shape index (κ3) is 34.4. The number of carboxylic acid groups (broad SMARTS) is 1.